The molecule has 0 saturated heterocycles. The first-order valence-electron chi connectivity index (χ1n) is 0.563. The maximum Gasteiger partial charge on any atom is 0.0606 e. The molecule has 1 nitrogen and oxygen atoms in total. The second-order valence-corrected chi connectivity index (χ2v) is 0.463. The molecule has 0 bridgehead atoms. The number of rotatable bonds is 0. The summed E-state index contributed by atoms with van der Waals surface area (Å²) >= 11 is 4.50. The van der Waals surface area contributed by atoms with E-state index >= 15 is 0 Å². The van der Waals surface area contributed by atoms with Gasteiger partial charge in [-0.3, -0.25) is 4.29 Å². The van der Waals surface area contributed by atoms with E-state index in [-0.39, 0.29) is 29.6 Å². The predicted molar refractivity (Wildman–Crippen MR) is 18.6 cm³/mol. The largest absolute Gasteiger partial charge is 0.283 e. The van der Waals surface area contributed by atoms with Crippen LogP contribution in [0.15, 0.2) is 0 Å². The van der Waals surface area contributed by atoms with Gasteiger partial charge in [0.05, 0.1) is 19.0 Å². The van der Waals surface area contributed by atoms with E-state index in [4.69, 9.17) is 0 Å². The molecule has 0 aromatic heterocycles. The van der Waals surface area contributed by atoms with Crippen molar-refractivity contribution in [1.82, 2.24) is 0 Å². The van der Waals surface area contributed by atoms with Gasteiger partial charge in [0.15, 0.2) is 0 Å². The second-order valence-electron chi connectivity index (χ2n) is 0.154. The smallest absolute Gasteiger partial charge is 0.0606 e. The van der Waals surface area contributed by atoms with Crippen LogP contribution in [0.1, 0.15) is 0 Å². The molecule has 3 heteroatoms. The minimum atomic E-state index is 0. The molecule has 0 atom stereocenters. The standard InChI is InChI=1S/CH3ClO.Na/c1-3-2;/h1H3;. The molecule has 1 radical (unpaired) electrons. The molecule has 0 N–H and O–H groups in total. The summed E-state index contributed by atoms with van der Waals surface area (Å²) in [5.41, 5.74) is 0. The number of halogens is 1. The van der Waals surface area contributed by atoms with Gasteiger partial charge in [0.2, 0.25) is 0 Å². The van der Waals surface area contributed by atoms with E-state index in [1.54, 1.807) is 0 Å². The van der Waals surface area contributed by atoms with Crippen LogP contribution in [0.4, 0.5) is 0 Å². The van der Waals surface area contributed by atoms with E-state index in [0.29, 0.717) is 0 Å². The molecule has 0 aromatic carbocycles. The zero-order valence-corrected chi connectivity index (χ0v) is 5.54. The molecule has 4 heavy (non-hydrogen) atoms. The van der Waals surface area contributed by atoms with Gasteiger partial charge in [-0.1, -0.05) is 0 Å². The number of hydrogen-bond acceptors (Lipinski definition) is 1. The van der Waals surface area contributed by atoms with Crippen LogP contribution in [0.5, 0.6) is 0 Å². The molecule has 0 aromatic rings. The average molecular weight is 89.5 g/mol. The van der Waals surface area contributed by atoms with Crippen molar-refractivity contribution in [2.45, 2.75) is 0 Å². The van der Waals surface area contributed by atoms with Gasteiger partial charge >= 0.3 is 0 Å². The van der Waals surface area contributed by atoms with Crippen molar-refractivity contribution >= 4 is 41.4 Å². The zero-order valence-electron chi connectivity index (χ0n) is 2.79. The summed E-state index contributed by atoms with van der Waals surface area (Å²) in [4.78, 5) is 0. The van der Waals surface area contributed by atoms with E-state index < -0.39 is 0 Å². The Morgan fingerprint density at radius 1 is 1.75 bits per heavy atom. The van der Waals surface area contributed by atoms with Crippen LogP contribution < -0.4 is 0 Å². The van der Waals surface area contributed by atoms with Crippen LogP contribution in [0.2, 0.25) is 0 Å². The fourth-order valence-corrected chi connectivity index (χ4v) is 0. The van der Waals surface area contributed by atoms with E-state index in [0.717, 1.165) is 0 Å². The third-order valence-electron chi connectivity index (χ3n) is 0. The quantitative estimate of drug-likeness (QED) is 0.391. The second kappa shape index (κ2) is 8.87. The van der Waals surface area contributed by atoms with Crippen LogP contribution in [0.25, 0.3) is 0 Å². The monoisotopic (exact) mass is 89.0 g/mol. The molecular weight excluding hydrogens is 86.5 g/mol. The van der Waals surface area contributed by atoms with Gasteiger partial charge in [0.25, 0.3) is 0 Å². The predicted octanol–water partition coefficient (Wildman–Crippen LogP) is 0.406. The zero-order chi connectivity index (χ0) is 2.71. The van der Waals surface area contributed by atoms with Gasteiger partial charge in [0.1, 0.15) is 0 Å². The maximum absolute atomic E-state index is 4.50. The molecule has 0 fully saturated rings. The van der Waals surface area contributed by atoms with Crippen LogP contribution in [-0.4, -0.2) is 36.7 Å². The molecule has 0 spiro atoms. The molecule has 0 aliphatic heterocycles. The van der Waals surface area contributed by atoms with Gasteiger partial charge < -0.3 is 0 Å². The third-order valence-corrected chi connectivity index (χ3v) is 0. The minimum Gasteiger partial charge on any atom is -0.283 e. The van der Waals surface area contributed by atoms with E-state index in [1.807, 2.05) is 0 Å². The Balaban J connectivity index is 0. The van der Waals surface area contributed by atoms with Crippen LogP contribution >= 0.6 is 11.9 Å². The van der Waals surface area contributed by atoms with Gasteiger partial charge in [-0.25, -0.2) is 0 Å². The van der Waals surface area contributed by atoms with Crippen LogP contribution in [-0.2, 0) is 4.29 Å². The van der Waals surface area contributed by atoms with Crippen molar-refractivity contribution in [3.05, 3.63) is 0 Å². The summed E-state index contributed by atoms with van der Waals surface area (Å²) in [7, 11) is 1.39. The first-order chi connectivity index (χ1) is 1.41. The van der Waals surface area contributed by atoms with Crippen molar-refractivity contribution in [2.24, 2.45) is 0 Å². The van der Waals surface area contributed by atoms with Crippen molar-refractivity contribution in [3.8, 4) is 0 Å². The van der Waals surface area contributed by atoms with Crippen molar-refractivity contribution in [3.63, 3.8) is 0 Å². The SMILES string of the molecule is COCl.[Na]. The van der Waals surface area contributed by atoms with Crippen LogP contribution in [0.3, 0.4) is 0 Å². The number of hydrogen-bond donors (Lipinski definition) is 0. The summed E-state index contributed by atoms with van der Waals surface area (Å²) in [5.74, 6) is 0. The summed E-state index contributed by atoms with van der Waals surface area (Å²) < 4.78 is 3.72. The van der Waals surface area contributed by atoms with E-state index in [2.05, 4.69) is 16.2 Å². The van der Waals surface area contributed by atoms with Gasteiger partial charge in [0, 0.05) is 29.6 Å². The molecule has 0 unspecified atom stereocenters. The molecule has 0 aliphatic rings. The molecular formula is CH3ClNaO. The summed E-state index contributed by atoms with van der Waals surface area (Å²) in [5, 5.41) is 0. The first-order valence-corrected chi connectivity index (χ1v) is 0.871. The van der Waals surface area contributed by atoms with E-state index in [1.165, 1.54) is 7.11 Å². The summed E-state index contributed by atoms with van der Waals surface area (Å²) in [6.45, 7) is 0. The van der Waals surface area contributed by atoms with Gasteiger partial charge in [-0.05, 0) is 0 Å². The normalized spacial score (nSPS) is 4.50. The fourth-order valence-electron chi connectivity index (χ4n) is 0. The minimum absolute atomic E-state index is 0. The third kappa shape index (κ3) is 10.5. The fraction of sp³-hybridized carbons (Fsp3) is 1.00. The van der Waals surface area contributed by atoms with Gasteiger partial charge in [-0.2, -0.15) is 0 Å². The van der Waals surface area contributed by atoms with Gasteiger partial charge in [-0.15, -0.1) is 0 Å². The Bertz CT molecular complexity index is 8.00. The topological polar surface area (TPSA) is 9.23 Å². The van der Waals surface area contributed by atoms with Crippen LogP contribution in [0, 0.1) is 0 Å². The van der Waals surface area contributed by atoms with Crippen molar-refractivity contribution < 1.29 is 4.29 Å². The first kappa shape index (κ1) is 8.98. The Morgan fingerprint density at radius 2 is 1.75 bits per heavy atom. The van der Waals surface area contributed by atoms with Crippen molar-refractivity contribution in [1.29, 1.82) is 0 Å². The average Bonchev–Trinajstić information content (AvgIpc) is 0.918. The molecule has 0 rings (SSSR count). The molecule has 0 heterocycles. The molecule has 0 amide bonds. The molecule has 21 valence electrons. The molecule has 0 aliphatic carbocycles. The Kier molecular flexibility index (Phi) is 19.9. The Morgan fingerprint density at radius 3 is 1.75 bits per heavy atom. The van der Waals surface area contributed by atoms with Crippen molar-refractivity contribution in [2.75, 3.05) is 7.11 Å². The summed E-state index contributed by atoms with van der Waals surface area (Å²) in [6, 6.07) is 0. The maximum atomic E-state index is 4.50. The van der Waals surface area contributed by atoms with E-state index in [9.17, 15) is 0 Å². The Hall–Kier alpha value is 1.25. The Labute approximate surface area is 52.7 Å². The molecule has 0 saturated carbocycles. The summed E-state index contributed by atoms with van der Waals surface area (Å²) in [6.07, 6.45) is 0.